The highest BCUT2D eigenvalue weighted by Crippen LogP contribution is 2.54. The number of aliphatic hydroxyl groups is 1. The van der Waals surface area contributed by atoms with Crippen molar-refractivity contribution in [3.05, 3.63) is 81.9 Å². The zero-order valence-electron chi connectivity index (χ0n) is 37.2. The fourth-order valence-electron chi connectivity index (χ4n) is 7.30. The molecule has 1 aromatic heterocycles. The lowest BCUT2D eigenvalue weighted by atomic mass is 9.98. The molecule has 4 amide bonds. The van der Waals surface area contributed by atoms with E-state index in [9.17, 15) is 53.7 Å². The van der Waals surface area contributed by atoms with Crippen LogP contribution in [0.2, 0.25) is 0 Å². The van der Waals surface area contributed by atoms with Crippen LogP contribution in [0.4, 0.5) is 10.6 Å². The molecule has 0 saturated carbocycles. The Hall–Kier alpha value is -5.36. The molecule has 8 atom stereocenters. The molecule has 376 valence electrons. The predicted octanol–water partition coefficient (Wildman–Crippen LogP) is 2.40. The summed E-state index contributed by atoms with van der Waals surface area (Å²) in [6, 6.07) is 10.2. The molecule has 1 saturated heterocycles. The van der Waals surface area contributed by atoms with E-state index in [4.69, 9.17) is 24.8 Å². The summed E-state index contributed by atoms with van der Waals surface area (Å²) in [5.41, 5.74) is 9.34. The summed E-state index contributed by atoms with van der Waals surface area (Å²) in [7, 11) is 6.90. The summed E-state index contributed by atoms with van der Waals surface area (Å²) < 4.78 is 18.2. The van der Waals surface area contributed by atoms with Gasteiger partial charge in [0.1, 0.15) is 42.9 Å². The summed E-state index contributed by atoms with van der Waals surface area (Å²) >= 11 is 0. The topological polar surface area (TPSA) is 337 Å². The van der Waals surface area contributed by atoms with Gasteiger partial charge in [0.25, 0.3) is 0 Å². The van der Waals surface area contributed by atoms with Gasteiger partial charge in [0.2, 0.25) is 17.7 Å². The van der Waals surface area contributed by atoms with Crippen LogP contribution in [0.5, 0.6) is 0 Å². The van der Waals surface area contributed by atoms with Crippen molar-refractivity contribution in [2.24, 2.45) is 0 Å². The number of fused-ring (bicyclic) bond motifs is 3. The maximum atomic E-state index is 13.7. The van der Waals surface area contributed by atoms with Gasteiger partial charge in [-0.15, -0.1) is 0 Å². The monoisotopic (exact) mass is 1060 g/mol. The van der Waals surface area contributed by atoms with Crippen LogP contribution in [0.1, 0.15) is 67.4 Å². The first-order valence-corrected chi connectivity index (χ1v) is 28.4. The molecule has 2 aromatic carbocycles. The summed E-state index contributed by atoms with van der Waals surface area (Å²) in [6.07, 6.45) is -3.43. The molecule has 5 rings (SSSR count). The number of ether oxygens (including phenoxy) is 2. The van der Waals surface area contributed by atoms with Crippen molar-refractivity contribution in [1.29, 1.82) is 0 Å². The number of rotatable bonds is 25. The van der Waals surface area contributed by atoms with Gasteiger partial charge in [0, 0.05) is 36.5 Å². The minimum Gasteiger partial charge on any atom is -0.481 e. The van der Waals surface area contributed by atoms with Crippen molar-refractivity contribution < 1.29 is 68.0 Å². The molecule has 3 aromatic rings. The lowest BCUT2D eigenvalue weighted by Crippen LogP contribution is -2.56. The van der Waals surface area contributed by atoms with Crippen molar-refractivity contribution in [2.75, 3.05) is 37.0 Å². The molecular formula is C43H52N7O15P3S2. The standard InChI is InChI=1S/C43H52N7O15P3S2/c44-38-23(20-50(42(61)49-38)35-19-32(51)33(65-35)22-64-68(66)67)7-5-14-45-34(52)13-16-70-69-15-6-12-29(39(57)46-30(17-36(53)54)40(58)47-31(41(59)60)18-37(55)56)48-43(62)63-21-28-26-10-3-1-8-24(26)25-9-2-4-11-27(25)28/h1-4,8-11,20,28-33,35,51H,6,12-19,21-22,66-67H2,(H,45,52)(H,46,57)(H,47,58)(H,48,62)(H,53,54)(H,55,56)(H,59,60)(H2,44,49,61). The van der Waals surface area contributed by atoms with E-state index < -0.39 is 98.4 Å². The largest absolute Gasteiger partial charge is 0.481 e. The Morgan fingerprint density at radius 3 is 2.14 bits per heavy atom. The van der Waals surface area contributed by atoms with Gasteiger partial charge in [0.15, 0.2) is 0 Å². The Kier molecular flexibility index (Phi) is 21.7. The minimum absolute atomic E-state index is 0.0267. The van der Waals surface area contributed by atoms with E-state index in [1.165, 1.54) is 32.4 Å². The lowest BCUT2D eigenvalue weighted by molar-refractivity contribution is -0.148. The molecule has 27 heteroatoms. The molecular weight excluding hydrogens is 1010 g/mol. The molecule has 1 aliphatic heterocycles. The molecule has 10 N–H and O–H groups in total. The van der Waals surface area contributed by atoms with Crippen LogP contribution in [0.15, 0.2) is 59.5 Å². The van der Waals surface area contributed by atoms with E-state index in [1.807, 2.05) is 53.8 Å². The second kappa shape index (κ2) is 27.3. The van der Waals surface area contributed by atoms with Gasteiger partial charge in [-0.25, -0.2) is 14.4 Å². The lowest BCUT2D eigenvalue weighted by Gasteiger charge is -2.23. The molecule has 8 unspecified atom stereocenters. The number of hydrogen-bond acceptors (Lipinski definition) is 16. The highest BCUT2D eigenvalue weighted by Gasteiger charge is 2.37. The van der Waals surface area contributed by atoms with E-state index in [1.54, 1.807) is 0 Å². The molecule has 1 aliphatic carbocycles. The number of amides is 4. The number of nitrogens with two attached hydrogens (primary N) is 1. The fourth-order valence-corrected chi connectivity index (χ4v) is 10.2. The Morgan fingerprint density at radius 2 is 1.50 bits per heavy atom. The van der Waals surface area contributed by atoms with Crippen molar-refractivity contribution in [2.45, 2.75) is 81.0 Å². The van der Waals surface area contributed by atoms with Crippen LogP contribution < -0.4 is 32.7 Å². The molecule has 1 fully saturated rings. The maximum Gasteiger partial charge on any atom is 0.407 e. The highest BCUT2D eigenvalue weighted by molar-refractivity contribution is 8.76. The number of nitrogens with zero attached hydrogens (tertiary/aromatic N) is 2. The Labute approximate surface area is 414 Å². The van der Waals surface area contributed by atoms with E-state index >= 15 is 0 Å². The molecule has 0 spiro atoms. The van der Waals surface area contributed by atoms with Gasteiger partial charge >= 0.3 is 29.7 Å². The van der Waals surface area contributed by atoms with Gasteiger partial charge in [-0.3, -0.25) is 28.5 Å². The molecule has 0 bridgehead atoms. The third kappa shape index (κ3) is 16.6. The second-order valence-electron chi connectivity index (χ2n) is 15.6. The molecule has 2 aliphatic rings. The third-order valence-corrected chi connectivity index (χ3v) is 14.5. The van der Waals surface area contributed by atoms with E-state index in [-0.39, 0.29) is 62.2 Å². The Balaban J connectivity index is 1.12. The number of aliphatic hydroxyl groups excluding tert-OH is 1. The number of aliphatic carboxylic acids is 3. The van der Waals surface area contributed by atoms with Crippen molar-refractivity contribution in [3.63, 3.8) is 0 Å². The van der Waals surface area contributed by atoms with Crippen LogP contribution in [0.3, 0.4) is 0 Å². The summed E-state index contributed by atoms with van der Waals surface area (Å²) in [5.74, 6) is -1.40. The van der Waals surface area contributed by atoms with Gasteiger partial charge in [-0.2, -0.15) is 4.98 Å². The molecule has 0 radical (unpaired) electrons. The molecule has 22 nitrogen and oxygen atoms in total. The first-order chi connectivity index (χ1) is 33.4. The summed E-state index contributed by atoms with van der Waals surface area (Å²) in [5, 5.41) is 47.8. The van der Waals surface area contributed by atoms with Gasteiger partial charge in [-0.05, 0) is 35.1 Å². The highest BCUT2D eigenvalue weighted by atomic mass is 33.1. The third-order valence-electron chi connectivity index (χ3n) is 10.7. The Morgan fingerprint density at radius 1 is 0.886 bits per heavy atom. The minimum atomic E-state index is -1.93. The maximum absolute atomic E-state index is 13.7. The number of alkyl carbamates (subject to hydrolysis) is 1. The number of benzene rings is 2. The van der Waals surface area contributed by atoms with Crippen molar-refractivity contribution in [3.8, 4) is 23.0 Å². The first-order valence-electron chi connectivity index (χ1n) is 21.4. The molecule has 70 heavy (non-hydrogen) atoms. The summed E-state index contributed by atoms with van der Waals surface area (Å²) in [4.78, 5) is 103. The van der Waals surface area contributed by atoms with Crippen LogP contribution in [0, 0.1) is 11.8 Å². The quantitative estimate of drug-likeness (QED) is 0.0255. The van der Waals surface area contributed by atoms with Gasteiger partial charge < -0.3 is 61.4 Å². The van der Waals surface area contributed by atoms with Crippen LogP contribution in [-0.2, 0) is 42.8 Å². The second-order valence-corrected chi connectivity index (χ2v) is 24.1. The SMILES string of the molecule is Nc1nc(=O)n(C2CC(O)C(COP(P)P)O2)cc1C#CCNC(=O)CCSSCCCC(NC(=O)OCC1c2ccccc2-c2ccccc21)C(=O)NC(CC(=O)O)C(=O)NC(CC(=O)O)C(=O)O. The number of carbonyl (C=O) groups is 7. The van der Waals surface area contributed by atoms with Gasteiger partial charge in [0.05, 0.1) is 45.2 Å². The molecule has 2 heterocycles. The number of aromatic nitrogens is 2. The van der Waals surface area contributed by atoms with Crippen molar-refractivity contribution >= 4 is 94.5 Å². The zero-order valence-corrected chi connectivity index (χ0v) is 42.0. The van der Waals surface area contributed by atoms with Crippen LogP contribution in [0.25, 0.3) is 11.1 Å². The van der Waals surface area contributed by atoms with Crippen LogP contribution >= 0.6 is 47.0 Å². The normalized spacial score (nSPS) is 17.2. The summed E-state index contributed by atoms with van der Waals surface area (Å²) in [6.45, 7) is -0.00239. The average Bonchev–Trinajstić information content (AvgIpc) is 3.84. The van der Waals surface area contributed by atoms with Crippen molar-refractivity contribution in [1.82, 2.24) is 30.8 Å². The smallest absolute Gasteiger partial charge is 0.407 e. The fraction of sp³-hybridized carbons (Fsp3) is 0.419. The van der Waals surface area contributed by atoms with Gasteiger partial charge in [-0.1, -0.05) is 99.8 Å². The number of hydrogen-bond donors (Lipinski definition) is 9. The zero-order chi connectivity index (χ0) is 50.9. The number of anilines is 1. The average molecular weight is 1060 g/mol. The Bertz CT molecular complexity index is 2480. The van der Waals surface area contributed by atoms with Crippen LogP contribution in [-0.4, -0.2) is 133 Å². The van der Waals surface area contributed by atoms with E-state index in [0.717, 1.165) is 22.3 Å². The van der Waals surface area contributed by atoms with E-state index in [2.05, 4.69) is 50.6 Å². The number of carboxylic acids is 3. The first kappa shape index (κ1) is 55.6. The predicted molar refractivity (Wildman–Crippen MR) is 266 cm³/mol. The number of carboxylic acid groups (broad SMARTS) is 3. The number of carbonyl (C=O) groups excluding carboxylic acids is 4. The number of nitrogens with one attached hydrogen (secondary N) is 4. The van der Waals surface area contributed by atoms with E-state index in [0.29, 0.717) is 17.9 Å². The number of nitrogen functional groups attached to an aromatic ring is 1.